The van der Waals surface area contributed by atoms with Crippen molar-refractivity contribution < 1.29 is 0 Å². The maximum absolute atomic E-state index is 8.78. The second-order valence-electron chi connectivity index (χ2n) is 4.20. The van der Waals surface area contributed by atoms with Gasteiger partial charge in [-0.1, -0.05) is 0 Å². The van der Waals surface area contributed by atoms with Gasteiger partial charge in [0.05, 0.1) is 11.6 Å². The monoisotopic (exact) mass is 240 g/mol. The van der Waals surface area contributed by atoms with Crippen molar-refractivity contribution in [2.24, 2.45) is 0 Å². The Bertz CT molecular complexity index is 563. The van der Waals surface area contributed by atoms with E-state index in [2.05, 4.69) is 22.4 Å². The van der Waals surface area contributed by atoms with Crippen LogP contribution in [0, 0.1) is 11.3 Å². The van der Waals surface area contributed by atoms with Crippen molar-refractivity contribution in [1.82, 2.24) is 0 Å². The topological polar surface area (TPSA) is 27.0 Å². The van der Waals surface area contributed by atoms with Crippen LogP contribution in [-0.2, 0) is 13.0 Å². The molecule has 84 valence electrons. The van der Waals surface area contributed by atoms with Crippen LogP contribution >= 0.6 is 11.3 Å². The first-order valence-electron chi connectivity index (χ1n) is 5.67. The fourth-order valence-electron chi connectivity index (χ4n) is 2.22. The Hall–Kier alpha value is -1.79. The molecule has 1 aromatic carbocycles. The second-order valence-corrected chi connectivity index (χ2v) is 5.20. The van der Waals surface area contributed by atoms with Gasteiger partial charge in [-0.15, -0.1) is 11.3 Å². The highest BCUT2D eigenvalue weighted by molar-refractivity contribution is 7.10. The third-order valence-electron chi connectivity index (χ3n) is 3.17. The summed E-state index contributed by atoms with van der Waals surface area (Å²) in [5.74, 6) is 0. The smallest absolute Gasteiger partial charge is 0.0991 e. The summed E-state index contributed by atoms with van der Waals surface area (Å²) in [7, 11) is 0. The van der Waals surface area contributed by atoms with Crippen LogP contribution in [0.25, 0.3) is 0 Å². The Balaban J connectivity index is 1.84. The number of hydrogen-bond acceptors (Lipinski definition) is 3. The quantitative estimate of drug-likeness (QED) is 0.765. The number of nitrogens with zero attached hydrogens (tertiary/aromatic N) is 2. The van der Waals surface area contributed by atoms with Gasteiger partial charge in [-0.3, -0.25) is 0 Å². The normalized spacial score (nSPS) is 14.2. The van der Waals surface area contributed by atoms with Crippen LogP contribution in [0.2, 0.25) is 0 Å². The van der Waals surface area contributed by atoms with Crippen LogP contribution in [0.1, 0.15) is 16.0 Å². The molecule has 0 aliphatic carbocycles. The predicted molar refractivity (Wildman–Crippen MR) is 70.2 cm³/mol. The number of hydrogen-bond donors (Lipinski definition) is 0. The molecule has 0 saturated carbocycles. The molecule has 2 aromatic rings. The minimum absolute atomic E-state index is 0.724. The highest BCUT2D eigenvalue weighted by atomic mass is 32.1. The molecule has 0 amide bonds. The third kappa shape index (κ3) is 1.92. The van der Waals surface area contributed by atoms with Gasteiger partial charge in [-0.05, 0) is 47.7 Å². The van der Waals surface area contributed by atoms with E-state index in [-0.39, 0.29) is 0 Å². The number of benzene rings is 1. The van der Waals surface area contributed by atoms with Gasteiger partial charge in [0.25, 0.3) is 0 Å². The summed E-state index contributed by atoms with van der Waals surface area (Å²) in [6, 6.07) is 12.2. The van der Waals surface area contributed by atoms with Crippen molar-refractivity contribution in [1.29, 1.82) is 5.26 Å². The maximum Gasteiger partial charge on any atom is 0.0991 e. The van der Waals surface area contributed by atoms with Gasteiger partial charge >= 0.3 is 0 Å². The van der Waals surface area contributed by atoms with E-state index < -0.39 is 0 Å². The van der Waals surface area contributed by atoms with Crippen LogP contribution in [0.5, 0.6) is 0 Å². The summed E-state index contributed by atoms with van der Waals surface area (Å²) >= 11 is 1.86. The molecule has 1 aliphatic heterocycles. The Morgan fingerprint density at radius 1 is 1.18 bits per heavy atom. The van der Waals surface area contributed by atoms with Gasteiger partial charge in [-0.2, -0.15) is 5.26 Å². The van der Waals surface area contributed by atoms with E-state index in [9.17, 15) is 0 Å². The molecule has 0 saturated heterocycles. The maximum atomic E-state index is 8.78. The number of nitriles is 1. The fourth-order valence-corrected chi connectivity index (χ4v) is 3.11. The van der Waals surface area contributed by atoms with E-state index in [1.165, 1.54) is 16.1 Å². The molecule has 0 unspecified atom stereocenters. The molecule has 2 nitrogen and oxygen atoms in total. The van der Waals surface area contributed by atoms with Crippen LogP contribution in [-0.4, -0.2) is 6.54 Å². The zero-order valence-corrected chi connectivity index (χ0v) is 10.2. The molecule has 3 heteroatoms. The Labute approximate surface area is 105 Å². The van der Waals surface area contributed by atoms with Gasteiger partial charge in [0, 0.05) is 23.7 Å². The molecule has 0 radical (unpaired) electrons. The van der Waals surface area contributed by atoms with Crippen LogP contribution in [0.3, 0.4) is 0 Å². The Morgan fingerprint density at radius 2 is 2.00 bits per heavy atom. The first-order valence-corrected chi connectivity index (χ1v) is 6.55. The van der Waals surface area contributed by atoms with E-state index in [1.54, 1.807) is 0 Å². The molecule has 1 aromatic heterocycles. The lowest BCUT2D eigenvalue weighted by Gasteiger charge is -2.29. The molecule has 0 spiro atoms. The van der Waals surface area contributed by atoms with Crippen LogP contribution < -0.4 is 4.90 Å². The van der Waals surface area contributed by atoms with Crippen molar-refractivity contribution in [3.05, 3.63) is 51.7 Å². The average Bonchev–Trinajstić information content (AvgIpc) is 2.86. The van der Waals surface area contributed by atoms with Crippen LogP contribution in [0.15, 0.2) is 35.7 Å². The van der Waals surface area contributed by atoms with Crippen molar-refractivity contribution in [2.45, 2.75) is 13.0 Å². The molecular weight excluding hydrogens is 228 g/mol. The molecule has 0 bridgehead atoms. The SMILES string of the molecule is N#Cc1ccc(N2CCc3sccc3C2)cc1. The van der Waals surface area contributed by atoms with E-state index in [0.29, 0.717) is 0 Å². The summed E-state index contributed by atoms with van der Waals surface area (Å²) in [4.78, 5) is 3.89. The molecule has 17 heavy (non-hydrogen) atoms. The predicted octanol–water partition coefficient (Wildman–Crippen LogP) is 3.18. The number of fused-ring (bicyclic) bond motifs is 1. The van der Waals surface area contributed by atoms with E-state index in [0.717, 1.165) is 25.1 Å². The third-order valence-corrected chi connectivity index (χ3v) is 4.19. The lowest BCUT2D eigenvalue weighted by Crippen LogP contribution is -2.29. The average molecular weight is 240 g/mol. The molecule has 1 aliphatic rings. The summed E-state index contributed by atoms with van der Waals surface area (Å²) < 4.78 is 0. The van der Waals surface area contributed by atoms with Crippen molar-refractivity contribution in [2.75, 3.05) is 11.4 Å². The largest absolute Gasteiger partial charge is 0.367 e. The molecule has 2 heterocycles. The van der Waals surface area contributed by atoms with Crippen molar-refractivity contribution in [3.8, 4) is 6.07 Å². The standard InChI is InChI=1S/C14H12N2S/c15-9-11-1-3-13(4-2-11)16-7-5-14-12(10-16)6-8-17-14/h1-4,6,8H,5,7,10H2. The minimum Gasteiger partial charge on any atom is -0.367 e. The highest BCUT2D eigenvalue weighted by Crippen LogP contribution is 2.27. The Morgan fingerprint density at radius 3 is 2.76 bits per heavy atom. The summed E-state index contributed by atoms with van der Waals surface area (Å²) in [6.45, 7) is 2.06. The second kappa shape index (κ2) is 4.23. The van der Waals surface area contributed by atoms with Gasteiger partial charge in [0.15, 0.2) is 0 Å². The number of anilines is 1. The Kier molecular flexibility index (Phi) is 2.58. The van der Waals surface area contributed by atoms with Crippen molar-refractivity contribution >= 4 is 17.0 Å². The minimum atomic E-state index is 0.724. The van der Waals surface area contributed by atoms with Gasteiger partial charge < -0.3 is 4.90 Å². The summed E-state index contributed by atoms with van der Waals surface area (Å²) in [5, 5.41) is 11.0. The number of rotatable bonds is 1. The zero-order chi connectivity index (χ0) is 11.7. The lowest BCUT2D eigenvalue weighted by molar-refractivity contribution is 0.744. The van der Waals surface area contributed by atoms with E-state index in [4.69, 9.17) is 5.26 Å². The number of thiophene rings is 1. The summed E-state index contributed by atoms with van der Waals surface area (Å²) in [5.41, 5.74) is 3.38. The molecule has 0 atom stereocenters. The first-order chi connectivity index (χ1) is 8.36. The first kappa shape index (κ1) is 10.4. The molecular formula is C14H12N2S. The van der Waals surface area contributed by atoms with E-state index in [1.807, 2.05) is 35.6 Å². The highest BCUT2D eigenvalue weighted by Gasteiger charge is 2.17. The van der Waals surface area contributed by atoms with Gasteiger partial charge in [0.1, 0.15) is 0 Å². The fraction of sp³-hybridized carbons (Fsp3) is 0.214. The zero-order valence-electron chi connectivity index (χ0n) is 9.39. The van der Waals surface area contributed by atoms with Crippen molar-refractivity contribution in [3.63, 3.8) is 0 Å². The molecule has 3 rings (SSSR count). The lowest BCUT2D eigenvalue weighted by atomic mass is 10.1. The van der Waals surface area contributed by atoms with E-state index >= 15 is 0 Å². The molecule has 0 N–H and O–H groups in total. The van der Waals surface area contributed by atoms with Gasteiger partial charge in [0.2, 0.25) is 0 Å². The van der Waals surface area contributed by atoms with Gasteiger partial charge in [-0.25, -0.2) is 0 Å². The molecule has 0 fully saturated rings. The van der Waals surface area contributed by atoms with Crippen LogP contribution in [0.4, 0.5) is 5.69 Å². The summed E-state index contributed by atoms with van der Waals surface area (Å²) in [6.07, 6.45) is 1.13.